The van der Waals surface area contributed by atoms with E-state index in [0.717, 1.165) is 17.5 Å². The smallest absolute Gasteiger partial charge is 0.369 e. The van der Waals surface area contributed by atoms with Crippen LogP contribution in [0.15, 0.2) is 24.4 Å². The van der Waals surface area contributed by atoms with Crippen LogP contribution in [0.1, 0.15) is 17.5 Å². The summed E-state index contributed by atoms with van der Waals surface area (Å²) in [5.41, 5.74) is 0.744. The molecule has 1 aliphatic heterocycles. The van der Waals surface area contributed by atoms with E-state index in [4.69, 9.17) is 0 Å². The third kappa shape index (κ3) is 6.29. The van der Waals surface area contributed by atoms with Crippen LogP contribution in [-0.4, -0.2) is 73.0 Å². The number of alkyl halides is 3. The van der Waals surface area contributed by atoms with E-state index in [2.05, 4.69) is 25.9 Å². The highest BCUT2D eigenvalue weighted by Gasteiger charge is 2.35. The predicted molar refractivity (Wildman–Crippen MR) is 123 cm³/mol. The van der Waals surface area contributed by atoms with Crippen LogP contribution in [0.5, 0.6) is 0 Å². The van der Waals surface area contributed by atoms with Gasteiger partial charge in [0.25, 0.3) is 0 Å². The minimum Gasteiger partial charge on any atom is -0.369 e. The van der Waals surface area contributed by atoms with Crippen molar-refractivity contribution in [2.75, 3.05) is 49.4 Å². The van der Waals surface area contributed by atoms with Gasteiger partial charge in [-0.25, -0.2) is 22.5 Å². The van der Waals surface area contributed by atoms with Crippen molar-refractivity contribution in [2.45, 2.75) is 19.0 Å². The number of fused-ring (bicyclic) bond motifs is 1. The standard InChI is InChI=1S/C20H24F3N7O4S/c1-29(2)19(32)30(3)35(33,34)8-4-7-24-17-14(20(21,22)23)11-25-18(28-17)26-13-5-6-15-12(9-13)10-16(31)27-15/h5-6,9,11H,4,7-8,10H2,1-3H3,(H,27,31)(H2,24,25,26,28). The summed E-state index contributed by atoms with van der Waals surface area (Å²) in [4.78, 5) is 32.1. The fraction of sp³-hybridized carbons (Fsp3) is 0.400. The molecule has 0 saturated carbocycles. The number of amides is 3. The van der Waals surface area contributed by atoms with Gasteiger partial charge < -0.3 is 20.9 Å². The number of urea groups is 1. The molecule has 0 fully saturated rings. The van der Waals surface area contributed by atoms with E-state index >= 15 is 0 Å². The lowest BCUT2D eigenvalue weighted by Crippen LogP contribution is -2.41. The van der Waals surface area contributed by atoms with E-state index in [-0.39, 0.29) is 31.2 Å². The summed E-state index contributed by atoms with van der Waals surface area (Å²) < 4.78 is 65.5. The van der Waals surface area contributed by atoms with Crippen LogP contribution in [0.3, 0.4) is 0 Å². The van der Waals surface area contributed by atoms with Crippen LogP contribution in [-0.2, 0) is 27.4 Å². The Morgan fingerprint density at radius 2 is 1.94 bits per heavy atom. The summed E-state index contributed by atoms with van der Waals surface area (Å²) in [5.74, 6) is -1.27. The number of sulfonamides is 1. The lowest BCUT2D eigenvalue weighted by Gasteiger charge is -2.21. The number of anilines is 4. The van der Waals surface area contributed by atoms with Gasteiger partial charge in [-0.15, -0.1) is 0 Å². The van der Waals surface area contributed by atoms with Gasteiger partial charge in [0.05, 0.1) is 12.2 Å². The van der Waals surface area contributed by atoms with Crippen LogP contribution < -0.4 is 16.0 Å². The van der Waals surface area contributed by atoms with Gasteiger partial charge in [-0.2, -0.15) is 18.2 Å². The highest BCUT2D eigenvalue weighted by molar-refractivity contribution is 7.89. The van der Waals surface area contributed by atoms with Crippen LogP contribution in [0.4, 0.5) is 41.1 Å². The first-order valence-electron chi connectivity index (χ1n) is 10.3. The quantitative estimate of drug-likeness (QED) is 0.456. The van der Waals surface area contributed by atoms with Gasteiger partial charge in [-0.05, 0) is 30.2 Å². The highest BCUT2D eigenvalue weighted by Crippen LogP contribution is 2.34. The number of benzene rings is 1. The molecule has 2 aromatic rings. The Hall–Kier alpha value is -3.62. The Labute approximate surface area is 199 Å². The number of carbonyl (C=O) groups is 2. The molecule has 1 aliphatic rings. The Morgan fingerprint density at radius 3 is 2.60 bits per heavy atom. The van der Waals surface area contributed by atoms with Crippen molar-refractivity contribution in [1.29, 1.82) is 0 Å². The fourth-order valence-corrected chi connectivity index (χ4v) is 4.40. The minimum atomic E-state index is -4.75. The average Bonchev–Trinajstić information content (AvgIpc) is 3.14. The van der Waals surface area contributed by atoms with Gasteiger partial charge in [0.15, 0.2) is 0 Å². The zero-order valence-corrected chi connectivity index (χ0v) is 19.9. The maximum absolute atomic E-state index is 13.4. The summed E-state index contributed by atoms with van der Waals surface area (Å²) in [6.07, 6.45) is -4.02. The van der Waals surface area contributed by atoms with Crippen molar-refractivity contribution in [1.82, 2.24) is 19.2 Å². The lowest BCUT2D eigenvalue weighted by molar-refractivity contribution is -0.137. The zero-order valence-electron chi connectivity index (χ0n) is 19.1. The Kier molecular flexibility index (Phi) is 7.38. The van der Waals surface area contributed by atoms with E-state index in [9.17, 15) is 31.2 Å². The van der Waals surface area contributed by atoms with E-state index in [0.29, 0.717) is 21.9 Å². The SMILES string of the molecule is CN(C)C(=O)N(C)S(=O)(=O)CCCNc1nc(Nc2ccc3c(c2)CC(=O)N3)ncc1C(F)(F)F. The number of nitrogens with one attached hydrogen (secondary N) is 3. The molecule has 3 rings (SSSR count). The van der Waals surface area contributed by atoms with Crippen LogP contribution in [0.2, 0.25) is 0 Å². The number of hydrogen-bond donors (Lipinski definition) is 3. The first-order chi connectivity index (χ1) is 16.3. The van der Waals surface area contributed by atoms with E-state index in [1.165, 1.54) is 14.1 Å². The Morgan fingerprint density at radius 1 is 1.23 bits per heavy atom. The van der Waals surface area contributed by atoms with E-state index in [1.807, 2.05) is 0 Å². The molecule has 0 atom stereocenters. The normalized spacial score (nSPS) is 13.1. The zero-order chi connectivity index (χ0) is 26.0. The van der Waals surface area contributed by atoms with Crippen molar-refractivity contribution in [2.24, 2.45) is 0 Å². The molecule has 0 aliphatic carbocycles. The summed E-state index contributed by atoms with van der Waals surface area (Å²) in [7, 11) is -0.0438. The van der Waals surface area contributed by atoms with Crippen molar-refractivity contribution in [3.8, 4) is 0 Å². The number of carbonyl (C=O) groups excluding carboxylic acids is 2. The second kappa shape index (κ2) is 9.93. The van der Waals surface area contributed by atoms with Gasteiger partial charge in [-0.3, -0.25) is 4.79 Å². The molecule has 3 N–H and O–H groups in total. The largest absolute Gasteiger partial charge is 0.421 e. The molecule has 0 unspecified atom stereocenters. The predicted octanol–water partition coefficient (Wildman–Crippen LogP) is 2.48. The first-order valence-corrected chi connectivity index (χ1v) is 11.9. The minimum absolute atomic E-state index is 0.0801. The molecule has 0 spiro atoms. The molecule has 2 heterocycles. The second-order valence-corrected chi connectivity index (χ2v) is 10.0. The van der Waals surface area contributed by atoms with Crippen molar-refractivity contribution >= 4 is 45.1 Å². The molecule has 1 aromatic carbocycles. The second-order valence-electron chi connectivity index (χ2n) is 7.92. The molecule has 0 bridgehead atoms. The number of rotatable bonds is 8. The molecule has 35 heavy (non-hydrogen) atoms. The third-order valence-corrected chi connectivity index (χ3v) is 6.82. The third-order valence-electron chi connectivity index (χ3n) is 5.02. The lowest BCUT2D eigenvalue weighted by atomic mass is 10.1. The Bertz CT molecular complexity index is 1240. The average molecular weight is 516 g/mol. The molecule has 0 saturated heterocycles. The van der Waals surface area contributed by atoms with Gasteiger partial charge in [0.2, 0.25) is 21.9 Å². The molecule has 11 nitrogen and oxygen atoms in total. The van der Waals surface area contributed by atoms with E-state index < -0.39 is 39.4 Å². The monoisotopic (exact) mass is 515 g/mol. The number of hydrogen-bond acceptors (Lipinski definition) is 8. The van der Waals surface area contributed by atoms with Crippen molar-refractivity contribution in [3.63, 3.8) is 0 Å². The van der Waals surface area contributed by atoms with Gasteiger partial charge in [0.1, 0.15) is 11.4 Å². The molecule has 15 heteroatoms. The maximum Gasteiger partial charge on any atom is 0.421 e. The summed E-state index contributed by atoms with van der Waals surface area (Å²) in [6, 6.07) is 4.20. The highest BCUT2D eigenvalue weighted by atomic mass is 32.2. The maximum atomic E-state index is 13.4. The Balaban J connectivity index is 1.70. The molecular formula is C20H24F3N7O4S. The van der Waals surface area contributed by atoms with Gasteiger partial charge in [-0.1, -0.05) is 0 Å². The number of aromatic nitrogens is 2. The number of halogens is 3. The molecule has 3 amide bonds. The van der Waals surface area contributed by atoms with Crippen molar-refractivity contribution in [3.05, 3.63) is 35.5 Å². The molecule has 190 valence electrons. The van der Waals surface area contributed by atoms with Crippen molar-refractivity contribution < 1.29 is 31.2 Å². The van der Waals surface area contributed by atoms with Gasteiger partial charge in [0, 0.05) is 45.3 Å². The van der Waals surface area contributed by atoms with Crippen LogP contribution in [0, 0.1) is 0 Å². The summed E-state index contributed by atoms with van der Waals surface area (Å²) in [6.45, 7) is -0.157. The molecule has 1 aromatic heterocycles. The molecule has 0 radical (unpaired) electrons. The molecular weight excluding hydrogens is 491 g/mol. The first kappa shape index (κ1) is 26.0. The van der Waals surface area contributed by atoms with Gasteiger partial charge >= 0.3 is 12.2 Å². The summed E-state index contributed by atoms with van der Waals surface area (Å²) >= 11 is 0. The topological polar surface area (TPSA) is 137 Å². The van der Waals surface area contributed by atoms with Crippen LogP contribution >= 0.6 is 0 Å². The summed E-state index contributed by atoms with van der Waals surface area (Å²) in [5, 5.41) is 8.00. The fourth-order valence-electron chi connectivity index (χ4n) is 3.22. The number of nitrogens with zero attached hydrogens (tertiary/aromatic N) is 4. The van der Waals surface area contributed by atoms with Crippen LogP contribution in [0.25, 0.3) is 0 Å². The van der Waals surface area contributed by atoms with E-state index in [1.54, 1.807) is 18.2 Å².